The SMILES string of the molecule is Bn1cnc2c(N)ncnc21. The fraction of sp³-hybridized carbons (Fsp3) is 0. The van der Waals surface area contributed by atoms with Crippen molar-refractivity contribution in [3.05, 3.63) is 12.7 Å². The molecule has 2 N–H and O–H groups in total. The van der Waals surface area contributed by atoms with Crippen molar-refractivity contribution in [1.82, 2.24) is 19.4 Å². The van der Waals surface area contributed by atoms with Crippen LogP contribution in [0.5, 0.6) is 0 Å². The molecule has 0 aromatic carbocycles. The first-order chi connectivity index (χ1) is 5.29. The molecular formula is C5H6BN5. The van der Waals surface area contributed by atoms with E-state index < -0.39 is 0 Å². The number of aromatic nitrogens is 4. The van der Waals surface area contributed by atoms with Crippen LogP contribution in [-0.4, -0.2) is 27.4 Å². The first-order valence-corrected chi connectivity index (χ1v) is 3.16. The highest BCUT2D eigenvalue weighted by molar-refractivity contribution is 6.10. The van der Waals surface area contributed by atoms with Crippen molar-refractivity contribution in [2.45, 2.75) is 0 Å². The number of rotatable bonds is 0. The Morgan fingerprint density at radius 2 is 2.18 bits per heavy atom. The summed E-state index contributed by atoms with van der Waals surface area (Å²) in [5, 5.41) is 0. The van der Waals surface area contributed by atoms with Gasteiger partial charge < -0.3 is 10.2 Å². The molecule has 0 aliphatic heterocycles. The number of anilines is 1. The molecule has 2 aromatic heterocycles. The van der Waals surface area contributed by atoms with Crippen LogP contribution >= 0.6 is 0 Å². The minimum absolute atomic E-state index is 0.426. The Morgan fingerprint density at radius 3 is 2.91 bits per heavy atom. The summed E-state index contributed by atoms with van der Waals surface area (Å²) in [6, 6.07) is 0. The van der Waals surface area contributed by atoms with Gasteiger partial charge in [-0.15, -0.1) is 0 Å². The van der Waals surface area contributed by atoms with E-state index in [0.29, 0.717) is 11.3 Å². The summed E-state index contributed by atoms with van der Waals surface area (Å²) >= 11 is 0. The lowest BCUT2D eigenvalue weighted by atomic mass is 10.4. The molecule has 0 atom stereocenters. The summed E-state index contributed by atoms with van der Waals surface area (Å²) in [7, 11) is 1.86. The van der Waals surface area contributed by atoms with Crippen LogP contribution in [0.15, 0.2) is 12.7 Å². The minimum atomic E-state index is 0.426. The van der Waals surface area contributed by atoms with E-state index in [2.05, 4.69) is 15.0 Å². The lowest BCUT2D eigenvalue weighted by Gasteiger charge is -1.93. The molecule has 0 saturated heterocycles. The van der Waals surface area contributed by atoms with Crippen molar-refractivity contribution in [3.8, 4) is 0 Å². The number of nitrogen functional groups attached to an aromatic ring is 1. The van der Waals surface area contributed by atoms with Gasteiger partial charge in [-0.2, -0.15) is 0 Å². The quantitative estimate of drug-likeness (QED) is 0.475. The van der Waals surface area contributed by atoms with Crippen LogP contribution in [0.4, 0.5) is 5.82 Å². The zero-order valence-corrected chi connectivity index (χ0v) is 6.02. The van der Waals surface area contributed by atoms with Crippen molar-refractivity contribution in [2.24, 2.45) is 0 Å². The van der Waals surface area contributed by atoms with E-state index in [4.69, 9.17) is 5.73 Å². The third-order valence-corrected chi connectivity index (χ3v) is 1.53. The third-order valence-electron chi connectivity index (χ3n) is 1.53. The maximum absolute atomic E-state index is 5.54. The van der Waals surface area contributed by atoms with Crippen LogP contribution in [0.2, 0.25) is 0 Å². The fourth-order valence-corrected chi connectivity index (χ4v) is 0.964. The van der Waals surface area contributed by atoms with E-state index in [9.17, 15) is 0 Å². The topological polar surface area (TPSA) is 69.6 Å². The largest absolute Gasteiger partial charge is 0.382 e. The van der Waals surface area contributed by atoms with Gasteiger partial charge in [-0.25, -0.2) is 15.0 Å². The molecule has 2 aromatic rings. The minimum Gasteiger partial charge on any atom is -0.382 e. The molecule has 0 unspecified atom stereocenters. The number of hydrogen-bond acceptors (Lipinski definition) is 4. The summed E-state index contributed by atoms with van der Waals surface area (Å²) in [4.78, 5) is 11.9. The van der Waals surface area contributed by atoms with Crippen molar-refractivity contribution in [1.29, 1.82) is 0 Å². The number of nitrogens with zero attached hydrogens (tertiary/aromatic N) is 4. The van der Waals surface area contributed by atoms with Crippen LogP contribution < -0.4 is 5.73 Å². The third kappa shape index (κ3) is 0.755. The molecule has 6 heteroatoms. The van der Waals surface area contributed by atoms with E-state index >= 15 is 0 Å². The van der Waals surface area contributed by atoms with Crippen molar-refractivity contribution < 1.29 is 0 Å². The molecule has 11 heavy (non-hydrogen) atoms. The first-order valence-electron chi connectivity index (χ1n) is 3.16. The summed E-state index contributed by atoms with van der Waals surface area (Å²) < 4.78 is 1.80. The van der Waals surface area contributed by atoms with Gasteiger partial charge in [0.1, 0.15) is 11.8 Å². The van der Waals surface area contributed by atoms with Crippen LogP contribution in [0.1, 0.15) is 0 Å². The number of imidazole rings is 1. The van der Waals surface area contributed by atoms with E-state index in [1.807, 2.05) is 7.98 Å². The van der Waals surface area contributed by atoms with Gasteiger partial charge in [0, 0.05) is 0 Å². The van der Waals surface area contributed by atoms with E-state index in [1.54, 1.807) is 10.8 Å². The Kier molecular flexibility index (Phi) is 1.09. The Balaban J connectivity index is 2.94. The van der Waals surface area contributed by atoms with Gasteiger partial charge in [-0.3, -0.25) is 0 Å². The van der Waals surface area contributed by atoms with Crippen LogP contribution in [-0.2, 0) is 0 Å². The van der Waals surface area contributed by atoms with E-state index in [0.717, 1.165) is 5.65 Å². The van der Waals surface area contributed by atoms with Gasteiger partial charge in [0.05, 0.1) is 6.33 Å². The van der Waals surface area contributed by atoms with Gasteiger partial charge in [0.25, 0.3) is 0 Å². The summed E-state index contributed by atoms with van der Waals surface area (Å²) in [6.45, 7) is 0. The number of hydrogen-bond donors (Lipinski definition) is 1. The highest BCUT2D eigenvalue weighted by Crippen LogP contribution is 2.11. The molecule has 54 valence electrons. The van der Waals surface area contributed by atoms with Crippen molar-refractivity contribution in [3.63, 3.8) is 0 Å². The molecule has 2 heterocycles. The lowest BCUT2D eigenvalue weighted by Crippen LogP contribution is -1.95. The second-order valence-corrected chi connectivity index (χ2v) is 2.29. The molecule has 0 bridgehead atoms. The van der Waals surface area contributed by atoms with Gasteiger partial charge in [0.2, 0.25) is 7.98 Å². The van der Waals surface area contributed by atoms with Gasteiger partial charge in [-0.05, 0) is 0 Å². The highest BCUT2D eigenvalue weighted by atomic mass is 15.1. The maximum Gasteiger partial charge on any atom is 0.226 e. The molecular weight excluding hydrogens is 141 g/mol. The Labute approximate surface area is 63.7 Å². The number of nitrogens with two attached hydrogens (primary N) is 1. The second kappa shape index (κ2) is 1.95. The normalized spacial score (nSPS) is 10.5. The summed E-state index contributed by atoms with van der Waals surface area (Å²) in [6.07, 6.45) is 3.09. The van der Waals surface area contributed by atoms with Crippen LogP contribution in [0, 0.1) is 0 Å². The Hall–Kier alpha value is -1.59. The van der Waals surface area contributed by atoms with Gasteiger partial charge in [0.15, 0.2) is 11.5 Å². The van der Waals surface area contributed by atoms with Crippen LogP contribution in [0.3, 0.4) is 0 Å². The average molecular weight is 147 g/mol. The van der Waals surface area contributed by atoms with Gasteiger partial charge >= 0.3 is 0 Å². The zero-order chi connectivity index (χ0) is 7.84. The zero-order valence-electron chi connectivity index (χ0n) is 6.02. The monoisotopic (exact) mass is 147 g/mol. The molecule has 0 saturated carbocycles. The molecule has 0 aliphatic rings. The molecule has 5 nitrogen and oxygen atoms in total. The standard InChI is InChI=1S/C5H6BN5/c6-11-2-10-3-4(7)8-1-9-5(3)11/h1-2H,6H2,(H2,7,8,9). The molecule has 0 aliphatic carbocycles. The van der Waals surface area contributed by atoms with Gasteiger partial charge in [-0.1, -0.05) is 0 Å². The number of fused-ring (bicyclic) bond motifs is 1. The average Bonchev–Trinajstić information content (AvgIpc) is 2.35. The van der Waals surface area contributed by atoms with Crippen LogP contribution in [0.25, 0.3) is 11.2 Å². The maximum atomic E-state index is 5.54. The fourth-order valence-electron chi connectivity index (χ4n) is 0.964. The summed E-state index contributed by atoms with van der Waals surface area (Å²) in [5.41, 5.74) is 6.97. The van der Waals surface area contributed by atoms with E-state index in [1.165, 1.54) is 6.33 Å². The van der Waals surface area contributed by atoms with Crippen molar-refractivity contribution >= 4 is 25.0 Å². The molecule has 0 radical (unpaired) electrons. The van der Waals surface area contributed by atoms with E-state index in [-0.39, 0.29) is 0 Å². The second-order valence-electron chi connectivity index (χ2n) is 2.29. The summed E-state index contributed by atoms with van der Waals surface area (Å²) in [5.74, 6) is 0.426. The van der Waals surface area contributed by atoms with Crippen molar-refractivity contribution in [2.75, 3.05) is 5.73 Å². The smallest absolute Gasteiger partial charge is 0.226 e. The highest BCUT2D eigenvalue weighted by Gasteiger charge is 2.02. The predicted molar refractivity (Wildman–Crippen MR) is 43.7 cm³/mol. The lowest BCUT2D eigenvalue weighted by molar-refractivity contribution is 1.17. The first kappa shape index (κ1) is 6.15. The predicted octanol–water partition coefficient (Wildman–Crippen LogP) is -1.20. The Bertz CT molecular complexity index is 395. The molecule has 0 fully saturated rings. The molecule has 2 rings (SSSR count). The molecule has 0 spiro atoms. The molecule has 0 amide bonds. The Morgan fingerprint density at radius 1 is 1.36 bits per heavy atom.